The van der Waals surface area contributed by atoms with E-state index < -0.39 is 18.8 Å². The topological polar surface area (TPSA) is 23.5 Å². The van der Waals surface area contributed by atoms with Crippen molar-refractivity contribution in [3.05, 3.63) is 35.9 Å². The van der Waals surface area contributed by atoms with E-state index in [1.165, 1.54) is 4.90 Å². The van der Waals surface area contributed by atoms with Crippen LogP contribution in [-0.4, -0.2) is 35.3 Å². The number of hydrogen-bond donors (Lipinski definition) is 1. The van der Waals surface area contributed by atoms with Crippen LogP contribution >= 0.6 is 0 Å². The zero-order valence-electron chi connectivity index (χ0n) is 9.90. The molecule has 2 rings (SSSR count). The first-order valence-corrected chi connectivity index (χ1v) is 5.99. The van der Waals surface area contributed by atoms with Gasteiger partial charge in [-0.1, -0.05) is 30.3 Å². The molecule has 2 nitrogen and oxygen atoms in total. The summed E-state index contributed by atoms with van der Waals surface area (Å²) in [4.78, 5) is 1.33. The number of nitrogens with zero attached hydrogens (tertiary/aromatic N) is 1. The van der Waals surface area contributed by atoms with E-state index in [0.717, 1.165) is 12.8 Å². The molecule has 0 amide bonds. The van der Waals surface area contributed by atoms with E-state index in [0.29, 0.717) is 5.56 Å². The zero-order chi connectivity index (χ0) is 13.2. The van der Waals surface area contributed by atoms with Crippen molar-refractivity contribution in [1.29, 1.82) is 0 Å². The summed E-state index contributed by atoms with van der Waals surface area (Å²) in [5.74, 6) is 0. The van der Waals surface area contributed by atoms with Gasteiger partial charge in [0.1, 0.15) is 0 Å². The Kier molecular flexibility index (Phi) is 3.92. The van der Waals surface area contributed by atoms with E-state index >= 15 is 0 Å². The second-order valence-electron chi connectivity index (χ2n) is 4.70. The van der Waals surface area contributed by atoms with Gasteiger partial charge in [0.2, 0.25) is 0 Å². The van der Waals surface area contributed by atoms with Gasteiger partial charge >= 0.3 is 6.18 Å². The monoisotopic (exact) mass is 259 g/mol. The van der Waals surface area contributed by atoms with Gasteiger partial charge in [-0.15, -0.1) is 0 Å². The fourth-order valence-corrected chi connectivity index (χ4v) is 2.02. The molecule has 1 atom stereocenters. The fourth-order valence-electron chi connectivity index (χ4n) is 2.02. The van der Waals surface area contributed by atoms with E-state index in [9.17, 15) is 18.3 Å². The second kappa shape index (κ2) is 5.28. The van der Waals surface area contributed by atoms with Crippen molar-refractivity contribution in [2.75, 3.05) is 13.1 Å². The van der Waals surface area contributed by atoms with Crippen molar-refractivity contribution in [2.24, 2.45) is 0 Å². The summed E-state index contributed by atoms with van der Waals surface area (Å²) in [7, 11) is 0. The molecule has 0 aromatic heterocycles. The molecule has 0 heterocycles. The van der Waals surface area contributed by atoms with Gasteiger partial charge in [0, 0.05) is 12.6 Å². The lowest BCUT2D eigenvalue weighted by atomic mass is 10.1. The number of halogens is 3. The molecule has 1 aromatic rings. The number of aliphatic hydroxyl groups excluding tert-OH is 1. The Labute approximate surface area is 104 Å². The van der Waals surface area contributed by atoms with Gasteiger partial charge < -0.3 is 5.11 Å². The van der Waals surface area contributed by atoms with Gasteiger partial charge in [-0.2, -0.15) is 13.2 Å². The third-order valence-electron chi connectivity index (χ3n) is 3.04. The average Bonchev–Trinajstić information content (AvgIpc) is 3.11. The first-order valence-electron chi connectivity index (χ1n) is 5.99. The molecule has 0 bridgehead atoms. The molecule has 1 N–H and O–H groups in total. The lowest BCUT2D eigenvalue weighted by Gasteiger charge is -2.26. The van der Waals surface area contributed by atoms with Crippen LogP contribution in [0.25, 0.3) is 0 Å². The van der Waals surface area contributed by atoms with E-state index in [-0.39, 0.29) is 12.6 Å². The summed E-state index contributed by atoms with van der Waals surface area (Å²) < 4.78 is 37.3. The van der Waals surface area contributed by atoms with Crippen LogP contribution in [0.15, 0.2) is 30.3 Å². The maximum absolute atomic E-state index is 12.4. The maximum Gasteiger partial charge on any atom is 0.401 e. The molecule has 1 aliphatic carbocycles. The van der Waals surface area contributed by atoms with Crippen LogP contribution in [0.1, 0.15) is 24.5 Å². The molecule has 1 fully saturated rings. The lowest BCUT2D eigenvalue weighted by Crippen LogP contribution is -2.38. The smallest absolute Gasteiger partial charge is 0.387 e. The molecule has 100 valence electrons. The molecule has 1 unspecified atom stereocenters. The standard InChI is InChI=1S/C13H16F3NO/c14-13(15,16)9-17(11-6-7-11)8-12(18)10-4-2-1-3-5-10/h1-5,11-12,18H,6-9H2. The van der Waals surface area contributed by atoms with Crippen LogP contribution in [0.4, 0.5) is 13.2 Å². The first kappa shape index (κ1) is 13.4. The molecule has 1 saturated carbocycles. The number of hydrogen-bond acceptors (Lipinski definition) is 2. The zero-order valence-corrected chi connectivity index (χ0v) is 9.90. The minimum absolute atomic E-state index is 0.0232. The normalized spacial score (nSPS) is 18.1. The Bertz CT molecular complexity index is 376. The Morgan fingerprint density at radius 2 is 1.83 bits per heavy atom. The summed E-state index contributed by atoms with van der Waals surface area (Å²) in [6.07, 6.45) is -3.50. The summed E-state index contributed by atoms with van der Waals surface area (Å²) in [5.41, 5.74) is 0.658. The van der Waals surface area contributed by atoms with E-state index in [1.54, 1.807) is 24.3 Å². The molecule has 0 saturated heterocycles. The summed E-state index contributed by atoms with van der Waals surface area (Å²) in [6, 6.07) is 8.77. The molecule has 18 heavy (non-hydrogen) atoms. The van der Waals surface area contributed by atoms with E-state index in [2.05, 4.69) is 0 Å². The van der Waals surface area contributed by atoms with E-state index in [4.69, 9.17) is 0 Å². The second-order valence-corrected chi connectivity index (χ2v) is 4.70. The predicted octanol–water partition coefficient (Wildman–Crippen LogP) is 2.75. The molecule has 5 heteroatoms. The average molecular weight is 259 g/mol. The third kappa shape index (κ3) is 3.99. The highest BCUT2D eigenvalue weighted by Crippen LogP contribution is 2.31. The van der Waals surface area contributed by atoms with Gasteiger partial charge in [0.05, 0.1) is 12.6 Å². The van der Waals surface area contributed by atoms with Crippen molar-refractivity contribution in [2.45, 2.75) is 31.2 Å². The van der Waals surface area contributed by atoms with Gasteiger partial charge in [-0.05, 0) is 18.4 Å². The summed E-state index contributed by atoms with van der Waals surface area (Å²) in [6.45, 7) is -0.907. The van der Waals surface area contributed by atoms with Crippen LogP contribution < -0.4 is 0 Å². The molecule has 0 aliphatic heterocycles. The highest BCUT2D eigenvalue weighted by molar-refractivity contribution is 5.17. The highest BCUT2D eigenvalue weighted by atomic mass is 19.4. The molecule has 1 aliphatic rings. The highest BCUT2D eigenvalue weighted by Gasteiger charge is 2.38. The van der Waals surface area contributed by atoms with Crippen molar-refractivity contribution in [3.63, 3.8) is 0 Å². The minimum Gasteiger partial charge on any atom is -0.387 e. The Balaban J connectivity index is 1.96. The summed E-state index contributed by atoms with van der Waals surface area (Å²) in [5, 5.41) is 9.96. The van der Waals surface area contributed by atoms with Crippen LogP contribution in [0.3, 0.4) is 0 Å². The van der Waals surface area contributed by atoms with Gasteiger partial charge in [-0.25, -0.2) is 0 Å². The molecular weight excluding hydrogens is 243 g/mol. The van der Waals surface area contributed by atoms with Crippen LogP contribution in [0.5, 0.6) is 0 Å². The Hall–Kier alpha value is -1.07. The van der Waals surface area contributed by atoms with Gasteiger partial charge in [-0.3, -0.25) is 4.90 Å². The largest absolute Gasteiger partial charge is 0.401 e. The lowest BCUT2D eigenvalue weighted by molar-refractivity contribution is -0.149. The number of rotatable bonds is 5. The third-order valence-corrected chi connectivity index (χ3v) is 3.04. The van der Waals surface area contributed by atoms with Gasteiger partial charge in [0.15, 0.2) is 0 Å². The number of alkyl halides is 3. The number of benzene rings is 1. The van der Waals surface area contributed by atoms with Crippen LogP contribution in [0, 0.1) is 0 Å². The fraction of sp³-hybridized carbons (Fsp3) is 0.538. The van der Waals surface area contributed by atoms with Crippen molar-refractivity contribution in [1.82, 2.24) is 4.90 Å². The van der Waals surface area contributed by atoms with Crippen LogP contribution in [-0.2, 0) is 0 Å². The Morgan fingerprint density at radius 1 is 1.22 bits per heavy atom. The maximum atomic E-state index is 12.4. The molecule has 1 aromatic carbocycles. The number of aliphatic hydroxyl groups is 1. The first-order chi connectivity index (χ1) is 8.46. The SMILES string of the molecule is OC(CN(CC(F)(F)F)C1CC1)c1ccccc1. The van der Waals surface area contributed by atoms with Crippen LogP contribution in [0.2, 0.25) is 0 Å². The van der Waals surface area contributed by atoms with Crippen molar-refractivity contribution in [3.8, 4) is 0 Å². The Morgan fingerprint density at radius 3 is 2.33 bits per heavy atom. The van der Waals surface area contributed by atoms with Gasteiger partial charge in [0.25, 0.3) is 0 Å². The summed E-state index contributed by atoms with van der Waals surface area (Å²) >= 11 is 0. The van der Waals surface area contributed by atoms with Crippen molar-refractivity contribution >= 4 is 0 Å². The van der Waals surface area contributed by atoms with E-state index in [1.807, 2.05) is 6.07 Å². The quantitative estimate of drug-likeness (QED) is 0.879. The van der Waals surface area contributed by atoms with Crippen molar-refractivity contribution < 1.29 is 18.3 Å². The molecule has 0 spiro atoms. The predicted molar refractivity (Wildman–Crippen MR) is 62.1 cm³/mol. The molecular formula is C13H16F3NO. The minimum atomic E-state index is -4.21. The molecule has 0 radical (unpaired) electrons.